The van der Waals surface area contributed by atoms with Crippen LogP contribution in [0.5, 0.6) is 0 Å². The zero-order valence-electron chi connectivity index (χ0n) is 14.1. The average molecular weight is 329 g/mol. The average Bonchev–Trinajstić information content (AvgIpc) is 3.02. The summed E-state index contributed by atoms with van der Waals surface area (Å²) in [6, 6.07) is 9.37. The molecule has 2 aromatic heterocycles. The van der Waals surface area contributed by atoms with E-state index in [0.29, 0.717) is 25.5 Å². The standard InChI is InChI=1S/C18H23N3O3/c1-13-4-3-5-15(20-13)18(22)19-12-16(17-7-6-14(2)24-17)21-8-10-23-11-9-21/h3-7,16H,8-12H2,1-2H3,(H,19,22)/t16-/m0/s1. The molecule has 1 fully saturated rings. The van der Waals surface area contributed by atoms with Crippen LogP contribution in [0.3, 0.4) is 0 Å². The van der Waals surface area contributed by atoms with Crippen molar-refractivity contribution in [2.75, 3.05) is 32.8 Å². The van der Waals surface area contributed by atoms with Crippen LogP contribution in [0.15, 0.2) is 34.7 Å². The van der Waals surface area contributed by atoms with Crippen LogP contribution in [0, 0.1) is 13.8 Å². The number of hydrogen-bond acceptors (Lipinski definition) is 5. The van der Waals surface area contributed by atoms with Crippen molar-refractivity contribution in [1.29, 1.82) is 0 Å². The van der Waals surface area contributed by atoms with Gasteiger partial charge in [-0.1, -0.05) is 6.07 Å². The summed E-state index contributed by atoms with van der Waals surface area (Å²) in [6.07, 6.45) is 0. The van der Waals surface area contributed by atoms with E-state index in [1.54, 1.807) is 6.07 Å². The van der Waals surface area contributed by atoms with Gasteiger partial charge in [-0.3, -0.25) is 9.69 Å². The number of furan rings is 1. The molecule has 3 heterocycles. The van der Waals surface area contributed by atoms with Crippen LogP contribution >= 0.6 is 0 Å². The SMILES string of the molecule is Cc1cccc(C(=O)NC[C@@H](c2ccc(C)o2)N2CCOCC2)n1. The number of pyridine rings is 1. The van der Waals surface area contributed by atoms with Crippen LogP contribution in [0.1, 0.15) is 33.7 Å². The molecule has 1 atom stereocenters. The molecule has 0 radical (unpaired) electrons. The van der Waals surface area contributed by atoms with Crippen molar-refractivity contribution in [2.45, 2.75) is 19.9 Å². The maximum absolute atomic E-state index is 12.4. The number of aryl methyl sites for hydroxylation is 2. The third-order valence-electron chi connectivity index (χ3n) is 4.15. The van der Waals surface area contributed by atoms with Crippen LogP contribution in [0.2, 0.25) is 0 Å². The highest BCUT2D eigenvalue weighted by molar-refractivity contribution is 5.92. The highest BCUT2D eigenvalue weighted by atomic mass is 16.5. The van der Waals surface area contributed by atoms with Gasteiger partial charge in [-0.25, -0.2) is 4.98 Å². The number of nitrogens with zero attached hydrogens (tertiary/aromatic N) is 2. The number of hydrogen-bond donors (Lipinski definition) is 1. The van der Waals surface area contributed by atoms with Crippen LogP contribution in [0.4, 0.5) is 0 Å². The van der Waals surface area contributed by atoms with E-state index >= 15 is 0 Å². The minimum Gasteiger partial charge on any atom is -0.465 e. The van der Waals surface area contributed by atoms with Gasteiger partial charge in [-0.2, -0.15) is 0 Å². The van der Waals surface area contributed by atoms with Gasteiger partial charge < -0.3 is 14.5 Å². The lowest BCUT2D eigenvalue weighted by molar-refractivity contribution is 0.0117. The summed E-state index contributed by atoms with van der Waals surface area (Å²) >= 11 is 0. The number of aromatic nitrogens is 1. The Morgan fingerprint density at radius 3 is 2.71 bits per heavy atom. The van der Waals surface area contributed by atoms with E-state index in [1.807, 2.05) is 38.1 Å². The molecule has 6 heteroatoms. The Labute approximate surface area is 141 Å². The first-order chi connectivity index (χ1) is 11.6. The molecule has 128 valence electrons. The molecule has 1 N–H and O–H groups in total. The molecule has 0 aromatic carbocycles. The van der Waals surface area contributed by atoms with E-state index < -0.39 is 0 Å². The van der Waals surface area contributed by atoms with Gasteiger partial charge in [0.2, 0.25) is 0 Å². The molecule has 0 spiro atoms. The van der Waals surface area contributed by atoms with Gasteiger partial charge in [0, 0.05) is 25.3 Å². The fraction of sp³-hybridized carbons (Fsp3) is 0.444. The zero-order chi connectivity index (χ0) is 16.9. The maximum Gasteiger partial charge on any atom is 0.269 e. The van der Waals surface area contributed by atoms with Gasteiger partial charge >= 0.3 is 0 Å². The predicted octanol–water partition coefficient (Wildman–Crippen LogP) is 2.09. The molecule has 2 aromatic rings. The van der Waals surface area contributed by atoms with E-state index in [9.17, 15) is 4.79 Å². The zero-order valence-corrected chi connectivity index (χ0v) is 14.1. The quantitative estimate of drug-likeness (QED) is 0.910. The van der Waals surface area contributed by atoms with Gasteiger partial charge in [-0.05, 0) is 38.1 Å². The second-order valence-electron chi connectivity index (χ2n) is 5.99. The monoisotopic (exact) mass is 329 g/mol. The van der Waals surface area contributed by atoms with Gasteiger partial charge in [0.15, 0.2) is 0 Å². The Hall–Kier alpha value is -2.18. The number of carbonyl (C=O) groups excluding carboxylic acids is 1. The van der Waals surface area contributed by atoms with Gasteiger partial charge in [-0.15, -0.1) is 0 Å². The van der Waals surface area contributed by atoms with E-state index in [-0.39, 0.29) is 11.9 Å². The fourth-order valence-electron chi connectivity index (χ4n) is 2.88. The Morgan fingerprint density at radius 1 is 1.25 bits per heavy atom. The van der Waals surface area contributed by atoms with Gasteiger partial charge in [0.05, 0.1) is 19.3 Å². The minimum atomic E-state index is -0.166. The molecule has 0 saturated carbocycles. The van der Waals surface area contributed by atoms with Crippen molar-refractivity contribution in [3.05, 3.63) is 53.2 Å². The number of ether oxygens (including phenoxy) is 1. The van der Waals surface area contributed by atoms with E-state index in [0.717, 1.165) is 30.3 Å². The molecule has 1 amide bonds. The second-order valence-corrected chi connectivity index (χ2v) is 5.99. The molecule has 0 aliphatic carbocycles. The summed E-state index contributed by atoms with van der Waals surface area (Å²) in [5, 5.41) is 2.99. The van der Waals surface area contributed by atoms with Crippen molar-refractivity contribution in [3.63, 3.8) is 0 Å². The van der Waals surface area contributed by atoms with Crippen LogP contribution in [0.25, 0.3) is 0 Å². The summed E-state index contributed by atoms with van der Waals surface area (Å²) in [5.41, 5.74) is 1.26. The number of morpholine rings is 1. The number of carbonyl (C=O) groups is 1. The van der Waals surface area contributed by atoms with Crippen LogP contribution in [-0.4, -0.2) is 48.6 Å². The second kappa shape index (κ2) is 7.59. The third kappa shape index (κ3) is 4.01. The fourth-order valence-corrected chi connectivity index (χ4v) is 2.88. The minimum absolute atomic E-state index is 0.00337. The summed E-state index contributed by atoms with van der Waals surface area (Å²) in [4.78, 5) is 18.9. The Balaban J connectivity index is 1.70. The van der Waals surface area contributed by atoms with Crippen molar-refractivity contribution in [1.82, 2.24) is 15.2 Å². The first kappa shape index (κ1) is 16.7. The van der Waals surface area contributed by atoms with Crippen LogP contribution < -0.4 is 5.32 Å². The Kier molecular flexibility index (Phi) is 5.27. The lowest BCUT2D eigenvalue weighted by Gasteiger charge is -2.33. The summed E-state index contributed by atoms with van der Waals surface area (Å²) in [5.74, 6) is 1.57. The molecule has 0 unspecified atom stereocenters. The number of amides is 1. The van der Waals surface area contributed by atoms with E-state index in [4.69, 9.17) is 9.15 Å². The summed E-state index contributed by atoms with van der Waals surface area (Å²) in [6.45, 7) is 7.31. The largest absolute Gasteiger partial charge is 0.465 e. The summed E-state index contributed by atoms with van der Waals surface area (Å²) in [7, 11) is 0. The maximum atomic E-state index is 12.4. The number of nitrogens with one attached hydrogen (secondary N) is 1. The third-order valence-corrected chi connectivity index (χ3v) is 4.15. The van der Waals surface area contributed by atoms with Crippen molar-refractivity contribution in [3.8, 4) is 0 Å². The molecule has 1 aliphatic rings. The van der Waals surface area contributed by atoms with Crippen LogP contribution in [-0.2, 0) is 4.74 Å². The molecular formula is C18H23N3O3. The molecular weight excluding hydrogens is 306 g/mol. The van der Waals surface area contributed by atoms with E-state index in [1.165, 1.54) is 0 Å². The lowest BCUT2D eigenvalue weighted by Crippen LogP contribution is -2.43. The normalized spacial score (nSPS) is 16.8. The number of rotatable bonds is 5. The first-order valence-corrected chi connectivity index (χ1v) is 8.23. The first-order valence-electron chi connectivity index (χ1n) is 8.23. The molecule has 1 aliphatic heterocycles. The highest BCUT2D eigenvalue weighted by Crippen LogP contribution is 2.23. The van der Waals surface area contributed by atoms with E-state index in [2.05, 4.69) is 15.2 Å². The molecule has 0 bridgehead atoms. The van der Waals surface area contributed by atoms with Gasteiger partial charge in [0.1, 0.15) is 17.2 Å². The van der Waals surface area contributed by atoms with Gasteiger partial charge in [0.25, 0.3) is 5.91 Å². The Morgan fingerprint density at radius 2 is 2.04 bits per heavy atom. The topological polar surface area (TPSA) is 67.6 Å². The van der Waals surface area contributed by atoms with Crippen molar-refractivity contribution < 1.29 is 13.9 Å². The molecule has 6 nitrogen and oxygen atoms in total. The van der Waals surface area contributed by atoms with Crippen molar-refractivity contribution >= 4 is 5.91 Å². The smallest absolute Gasteiger partial charge is 0.269 e. The molecule has 3 rings (SSSR count). The molecule has 1 saturated heterocycles. The molecule has 24 heavy (non-hydrogen) atoms. The highest BCUT2D eigenvalue weighted by Gasteiger charge is 2.26. The van der Waals surface area contributed by atoms with Crippen molar-refractivity contribution in [2.24, 2.45) is 0 Å². The predicted molar refractivity (Wildman–Crippen MR) is 89.9 cm³/mol. The lowest BCUT2D eigenvalue weighted by atomic mass is 10.1. The summed E-state index contributed by atoms with van der Waals surface area (Å²) < 4.78 is 11.2. The Bertz CT molecular complexity index is 692.